The van der Waals surface area contributed by atoms with Crippen LogP contribution in [0.1, 0.15) is 71.1 Å². The molecule has 1 aromatic heterocycles. The summed E-state index contributed by atoms with van der Waals surface area (Å²) < 4.78 is 4.65. The van der Waals surface area contributed by atoms with Gasteiger partial charge in [-0.05, 0) is 25.7 Å². The Kier molecular flexibility index (Phi) is 9.48. The smallest absolute Gasteiger partial charge is 0.237 e. The van der Waals surface area contributed by atoms with E-state index in [1.165, 1.54) is 64.3 Å². The van der Waals surface area contributed by atoms with Gasteiger partial charge in [0, 0.05) is 0 Å². The van der Waals surface area contributed by atoms with Crippen LogP contribution in [-0.4, -0.2) is 4.57 Å². The highest BCUT2D eigenvalue weighted by molar-refractivity contribution is 4.66. The van der Waals surface area contributed by atoms with Crippen molar-refractivity contribution in [2.45, 2.75) is 84.2 Å². The Morgan fingerprint density at radius 1 is 0.947 bits per heavy atom. The molecule has 0 unspecified atom stereocenters. The molecule has 0 fully saturated rings. The van der Waals surface area contributed by atoms with Crippen LogP contribution >= 0.6 is 0 Å². The molecule has 0 saturated heterocycles. The number of nitrogens with zero attached hydrogens (tertiary/aromatic N) is 2. The molecule has 0 saturated carbocycles. The minimum absolute atomic E-state index is 1.07. The molecule has 0 amide bonds. The second kappa shape index (κ2) is 11.1. The zero-order valence-electron chi connectivity index (χ0n) is 12.8. The summed E-state index contributed by atoms with van der Waals surface area (Å²) in [5, 5.41) is 0. The van der Waals surface area contributed by atoms with Crippen LogP contribution in [0.25, 0.3) is 0 Å². The molecule has 1 rings (SSSR count). The van der Waals surface area contributed by atoms with Crippen LogP contribution in [0.2, 0.25) is 0 Å². The molecule has 1 radical (unpaired) electrons. The van der Waals surface area contributed by atoms with Crippen molar-refractivity contribution in [3.63, 3.8) is 0 Å². The summed E-state index contributed by atoms with van der Waals surface area (Å²) in [4.78, 5) is 0. The molecule has 2 nitrogen and oxygen atoms in total. The molecular formula is C17H32N2+. The van der Waals surface area contributed by atoms with E-state index >= 15 is 0 Å². The fraction of sp³-hybridized carbons (Fsp3) is 0.765. The summed E-state index contributed by atoms with van der Waals surface area (Å²) in [6.07, 6.45) is 19.9. The molecule has 109 valence electrons. The number of hydrogen-bond donors (Lipinski definition) is 0. The first kappa shape index (κ1) is 16.3. The molecular weight excluding hydrogens is 232 g/mol. The standard InChI is InChI=1S/C17H32N2/c1-3-5-7-9-10-12-14-19-16-15-18(17-19)13-11-8-6-4-2/h15-17H,2-14H2,1H3/q+1. The average Bonchev–Trinajstić information content (AvgIpc) is 2.87. The van der Waals surface area contributed by atoms with Gasteiger partial charge in [-0.15, -0.1) is 0 Å². The summed E-state index contributed by atoms with van der Waals surface area (Å²) in [7, 11) is 0. The van der Waals surface area contributed by atoms with Gasteiger partial charge in [-0.25, -0.2) is 9.13 Å². The van der Waals surface area contributed by atoms with Crippen molar-refractivity contribution in [3.05, 3.63) is 25.6 Å². The van der Waals surface area contributed by atoms with E-state index in [2.05, 4.69) is 41.7 Å². The van der Waals surface area contributed by atoms with Gasteiger partial charge in [0.15, 0.2) is 0 Å². The Morgan fingerprint density at radius 2 is 1.68 bits per heavy atom. The molecule has 0 aliphatic carbocycles. The molecule has 0 aliphatic heterocycles. The lowest BCUT2D eigenvalue weighted by Crippen LogP contribution is -2.30. The maximum Gasteiger partial charge on any atom is 0.243 e. The number of unbranched alkanes of at least 4 members (excludes halogenated alkanes) is 8. The van der Waals surface area contributed by atoms with Gasteiger partial charge in [0.1, 0.15) is 12.4 Å². The lowest BCUT2D eigenvalue weighted by molar-refractivity contribution is -0.696. The van der Waals surface area contributed by atoms with E-state index in [4.69, 9.17) is 0 Å². The fourth-order valence-electron chi connectivity index (χ4n) is 2.43. The van der Waals surface area contributed by atoms with E-state index in [1.54, 1.807) is 0 Å². The Hall–Kier alpha value is -0.790. The second-order valence-corrected chi connectivity index (χ2v) is 5.57. The average molecular weight is 264 g/mol. The molecule has 0 spiro atoms. The molecule has 0 atom stereocenters. The molecule has 0 bridgehead atoms. The minimum atomic E-state index is 1.07. The van der Waals surface area contributed by atoms with Crippen molar-refractivity contribution in [2.24, 2.45) is 0 Å². The predicted octanol–water partition coefficient (Wildman–Crippen LogP) is 4.53. The summed E-state index contributed by atoms with van der Waals surface area (Å²) in [5.41, 5.74) is 0. The Bertz CT molecular complexity index is 304. The molecule has 0 aliphatic rings. The predicted molar refractivity (Wildman–Crippen MR) is 81.8 cm³/mol. The Morgan fingerprint density at radius 3 is 2.47 bits per heavy atom. The van der Waals surface area contributed by atoms with Crippen molar-refractivity contribution in [1.82, 2.24) is 4.57 Å². The van der Waals surface area contributed by atoms with Crippen LogP contribution in [0.15, 0.2) is 18.7 Å². The third-order valence-electron chi connectivity index (χ3n) is 3.68. The van der Waals surface area contributed by atoms with Crippen LogP contribution in [0, 0.1) is 6.92 Å². The summed E-state index contributed by atoms with van der Waals surface area (Å²) in [6.45, 7) is 8.49. The fourth-order valence-corrected chi connectivity index (χ4v) is 2.43. The maximum atomic E-state index is 3.88. The summed E-state index contributed by atoms with van der Waals surface area (Å²) in [5.74, 6) is 0. The van der Waals surface area contributed by atoms with E-state index < -0.39 is 0 Å². The van der Waals surface area contributed by atoms with Gasteiger partial charge in [-0.1, -0.05) is 52.4 Å². The topological polar surface area (TPSA) is 8.81 Å². The van der Waals surface area contributed by atoms with Crippen molar-refractivity contribution < 1.29 is 4.57 Å². The lowest BCUT2D eigenvalue weighted by atomic mass is 10.1. The number of imidazole rings is 1. The summed E-state index contributed by atoms with van der Waals surface area (Å²) in [6, 6.07) is 0. The third-order valence-corrected chi connectivity index (χ3v) is 3.68. The highest BCUT2D eigenvalue weighted by atomic mass is 15.1. The van der Waals surface area contributed by atoms with E-state index in [9.17, 15) is 0 Å². The molecule has 0 N–H and O–H groups in total. The van der Waals surface area contributed by atoms with Gasteiger partial charge in [0.2, 0.25) is 6.33 Å². The SMILES string of the molecule is [CH2]CCCCC[n+]1ccn(CCCCCCCC)c1. The van der Waals surface area contributed by atoms with Crippen LogP contribution in [0.3, 0.4) is 0 Å². The minimum Gasteiger partial charge on any atom is -0.237 e. The Balaban J connectivity index is 2.06. The van der Waals surface area contributed by atoms with Gasteiger partial charge in [-0.3, -0.25) is 0 Å². The molecule has 2 heteroatoms. The molecule has 0 aromatic carbocycles. The van der Waals surface area contributed by atoms with Gasteiger partial charge in [-0.2, -0.15) is 0 Å². The number of aromatic nitrogens is 2. The summed E-state index contributed by atoms with van der Waals surface area (Å²) >= 11 is 0. The molecule has 1 aromatic rings. The van der Waals surface area contributed by atoms with Crippen LogP contribution in [-0.2, 0) is 13.1 Å². The highest BCUT2D eigenvalue weighted by Crippen LogP contribution is 2.06. The van der Waals surface area contributed by atoms with E-state index in [0.717, 1.165) is 13.0 Å². The first-order valence-corrected chi connectivity index (χ1v) is 8.21. The van der Waals surface area contributed by atoms with Crippen molar-refractivity contribution in [1.29, 1.82) is 0 Å². The third kappa shape index (κ3) is 8.07. The van der Waals surface area contributed by atoms with Crippen LogP contribution < -0.4 is 4.57 Å². The number of rotatable bonds is 12. The van der Waals surface area contributed by atoms with Gasteiger partial charge < -0.3 is 0 Å². The van der Waals surface area contributed by atoms with Crippen molar-refractivity contribution in [2.75, 3.05) is 0 Å². The normalized spacial score (nSPS) is 11.1. The molecule has 19 heavy (non-hydrogen) atoms. The monoisotopic (exact) mass is 264 g/mol. The van der Waals surface area contributed by atoms with Gasteiger partial charge in [0.25, 0.3) is 0 Å². The first-order chi connectivity index (χ1) is 9.36. The molecule has 1 heterocycles. The van der Waals surface area contributed by atoms with E-state index in [0.29, 0.717) is 0 Å². The second-order valence-electron chi connectivity index (χ2n) is 5.57. The van der Waals surface area contributed by atoms with Crippen molar-refractivity contribution in [3.8, 4) is 0 Å². The van der Waals surface area contributed by atoms with Gasteiger partial charge in [0.05, 0.1) is 13.1 Å². The quantitative estimate of drug-likeness (QED) is 0.387. The van der Waals surface area contributed by atoms with Crippen molar-refractivity contribution >= 4 is 0 Å². The first-order valence-electron chi connectivity index (χ1n) is 8.21. The van der Waals surface area contributed by atoms with Crippen LogP contribution in [0.4, 0.5) is 0 Å². The number of hydrogen-bond acceptors (Lipinski definition) is 0. The van der Waals surface area contributed by atoms with E-state index in [1.807, 2.05) is 0 Å². The Labute approximate surface area is 119 Å². The van der Waals surface area contributed by atoms with Gasteiger partial charge >= 0.3 is 0 Å². The lowest BCUT2D eigenvalue weighted by Gasteiger charge is -1.99. The largest absolute Gasteiger partial charge is 0.243 e. The highest BCUT2D eigenvalue weighted by Gasteiger charge is 2.03. The number of aryl methyl sites for hydroxylation is 2. The zero-order chi connectivity index (χ0) is 13.8. The van der Waals surface area contributed by atoms with Crippen LogP contribution in [0.5, 0.6) is 0 Å². The maximum absolute atomic E-state index is 3.88. The zero-order valence-corrected chi connectivity index (χ0v) is 12.8. The van der Waals surface area contributed by atoms with E-state index in [-0.39, 0.29) is 0 Å².